The van der Waals surface area contributed by atoms with Gasteiger partial charge in [-0.1, -0.05) is 74.0 Å². The third-order valence-corrected chi connectivity index (χ3v) is 5.84. The van der Waals surface area contributed by atoms with E-state index in [0.717, 1.165) is 12.1 Å². The summed E-state index contributed by atoms with van der Waals surface area (Å²) >= 11 is 0. The summed E-state index contributed by atoms with van der Waals surface area (Å²) in [4.78, 5) is 14.8. The standard InChI is InChI=1S/C27H34N2O2/c1-21(2)23(4)29(19-27(30)31-20-24-11-6-5-7-12-24)18-26-14-9-15-28(26)17-25-13-8-10-22(3)16-25/h5-16,21,23H,17-20H2,1-4H3/t23-/m0/s1. The Morgan fingerprint density at radius 1 is 0.968 bits per heavy atom. The van der Waals surface area contributed by atoms with Crippen molar-refractivity contribution >= 4 is 5.97 Å². The number of carbonyl (C=O) groups is 1. The van der Waals surface area contributed by atoms with Gasteiger partial charge in [-0.05, 0) is 43.0 Å². The van der Waals surface area contributed by atoms with Gasteiger partial charge >= 0.3 is 5.97 Å². The molecule has 0 unspecified atom stereocenters. The number of esters is 1. The Morgan fingerprint density at radius 2 is 1.71 bits per heavy atom. The highest BCUT2D eigenvalue weighted by Gasteiger charge is 2.22. The second kappa shape index (κ2) is 11.0. The van der Waals surface area contributed by atoms with Crippen LogP contribution in [0.4, 0.5) is 0 Å². The van der Waals surface area contributed by atoms with Gasteiger partial charge in [0.25, 0.3) is 0 Å². The fourth-order valence-electron chi connectivity index (χ4n) is 3.68. The SMILES string of the molecule is Cc1cccc(Cn2cccc2CN(CC(=O)OCc2ccccc2)[C@@H](C)C(C)C)c1. The maximum Gasteiger partial charge on any atom is 0.320 e. The van der Waals surface area contributed by atoms with E-state index in [1.807, 2.05) is 30.3 Å². The first-order valence-electron chi connectivity index (χ1n) is 11.1. The molecule has 1 atom stereocenters. The van der Waals surface area contributed by atoms with Crippen molar-refractivity contribution in [3.8, 4) is 0 Å². The Kier molecular flexibility index (Phi) is 8.07. The maximum atomic E-state index is 12.6. The van der Waals surface area contributed by atoms with Crippen LogP contribution < -0.4 is 0 Å². The molecule has 0 aliphatic heterocycles. The number of rotatable bonds is 10. The van der Waals surface area contributed by atoms with Crippen LogP contribution in [0, 0.1) is 12.8 Å². The van der Waals surface area contributed by atoms with Crippen molar-refractivity contribution in [3.63, 3.8) is 0 Å². The van der Waals surface area contributed by atoms with Gasteiger partial charge in [-0.25, -0.2) is 0 Å². The number of ether oxygens (including phenoxy) is 1. The lowest BCUT2D eigenvalue weighted by Crippen LogP contribution is -2.40. The molecular weight excluding hydrogens is 384 g/mol. The highest BCUT2D eigenvalue weighted by molar-refractivity contribution is 5.71. The lowest BCUT2D eigenvalue weighted by molar-refractivity contribution is -0.147. The fourth-order valence-corrected chi connectivity index (χ4v) is 3.68. The zero-order valence-corrected chi connectivity index (χ0v) is 19.1. The van der Waals surface area contributed by atoms with E-state index in [4.69, 9.17) is 4.74 Å². The average Bonchev–Trinajstić information content (AvgIpc) is 3.18. The normalized spacial score (nSPS) is 12.3. The van der Waals surface area contributed by atoms with Crippen LogP contribution in [-0.2, 0) is 29.2 Å². The predicted octanol–water partition coefficient (Wildman–Crippen LogP) is 5.43. The molecule has 0 aliphatic carbocycles. The third kappa shape index (κ3) is 6.83. The highest BCUT2D eigenvalue weighted by atomic mass is 16.5. The molecule has 0 aliphatic rings. The number of hydrogen-bond donors (Lipinski definition) is 0. The van der Waals surface area contributed by atoms with Crippen molar-refractivity contribution in [1.82, 2.24) is 9.47 Å². The van der Waals surface area contributed by atoms with Crippen LogP contribution in [0.5, 0.6) is 0 Å². The quantitative estimate of drug-likeness (QED) is 0.412. The van der Waals surface area contributed by atoms with Crippen molar-refractivity contribution in [2.24, 2.45) is 5.92 Å². The third-order valence-electron chi connectivity index (χ3n) is 5.84. The van der Waals surface area contributed by atoms with Gasteiger partial charge < -0.3 is 9.30 Å². The minimum absolute atomic E-state index is 0.187. The van der Waals surface area contributed by atoms with E-state index in [2.05, 4.69) is 79.8 Å². The number of aryl methyl sites for hydroxylation is 1. The topological polar surface area (TPSA) is 34.5 Å². The molecule has 0 spiro atoms. The van der Waals surface area contributed by atoms with Crippen LogP contribution >= 0.6 is 0 Å². The summed E-state index contributed by atoms with van der Waals surface area (Å²) < 4.78 is 7.83. The van der Waals surface area contributed by atoms with Crippen molar-refractivity contribution in [3.05, 3.63) is 95.3 Å². The molecule has 4 nitrogen and oxygen atoms in total. The van der Waals surface area contributed by atoms with E-state index in [1.54, 1.807) is 0 Å². The summed E-state index contributed by atoms with van der Waals surface area (Å²) in [5, 5.41) is 0. The van der Waals surface area contributed by atoms with Gasteiger partial charge in [0, 0.05) is 31.0 Å². The molecule has 2 aromatic carbocycles. The molecule has 4 heteroatoms. The molecule has 3 aromatic rings. The van der Waals surface area contributed by atoms with E-state index in [9.17, 15) is 4.79 Å². The van der Waals surface area contributed by atoms with Gasteiger partial charge in [0.05, 0.1) is 6.54 Å². The van der Waals surface area contributed by atoms with Gasteiger partial charge in [-0.3, -0.25) is 9.69 Å². The van der Waals surface area contributed by atoms with Crippen LogP contribution in [0.3, 0.4) is 0 Å². The Labute approximate surface area is 186 Å². The van der Waals surface area contributed by atoms with Crippen LogP contribution in [-0.4, -0.2) is 28.0 Å². The Bertz CT molecular complexity index is 962. The zero-order chi connectivity index (χ0) is 22.2. The monoisotopic (exact) mass is 418 g/mol. The first-order valence-corrected chi connectivity index (χ1v) is 11.1. The number of hydrogen-bond acceptors (Lipinski definition) is 3. The molecule has 0 N–H and O–H groups in total. The molecule has 0 amide bonds. The number of benzene rings is 2. The summed E-state index contributed by atoms with van der Waals surface area (Å²) in [6, 6.07) is 22.9. The van der Waals surface area contributed by atoms with E-state index >= 15 is 0 Å². The van der Waals surface area contributed by atoms with E-state index < -0.39 is 0 Å². The Hall–Kier alpha value is -2.85. The molecule has 0 bridgehead atoms. The first-order chi connectivity index (χ1) is 14.9. The molecule has 3 rings (SSSR count). The van der Waals surface area contributed by atoms with E-state index in [1.165, 1.54) is 16.8 Å². The van der Waals surface area contributed by atoms with Crippen LogP contribution in [0.15, 0.2) is 72.9 Å². The maximum absolute atomic E-state index is 12.6. The Balaban J connectivity index is 1.67. The molecule has 0 fully saturated rings. The average molecular weight is 419 g/mol. The smallest absolute Gasteiger partial charge is 0.320 e. The largest absolute Gasteiger partial charge is 0.460 e. The summed E-state index contributed by atoms with van der Waals surface area (Å²) in [6.45, 7) is 10.8. The van der Waals surface area contributed by atoms with Crippen molar-refractivity contribution in [2.45, 2.75) is 53.4 Å². The predicted molar refractivity (Wildman–Crippen MR) is 126 cm³/mol. The molecule has 1 heterocycles. The molecule has 0 saturated heterocycles. The number of aromatic nitrogens is 1. The number of nitrogens with zero attached hydrogens (tertiary/aromatic N) is 2. The van der Waals surface area contributed by atoms with Crippen molar-refractivity contribution in [1.29, 1.82) is 0 Å². The van der Waals surface area contributed by atoms with E-state index in [0.29, 0.717) is 19.1 Å². The van der Waals surface area contributed by atoms with Crippen molar-refractivity contribution in [2.75, 3.05) is 6.54 Å². The van der Waals surface area contributed by atoms with Gasteiger partial charge in [0.1, 0.15) is 6.61 Å². The van der Waals surface area contributed by atoms with Gasteiger partial charge in [-0.2, -0.15) is 0 Å². The van der Waals surface area contributed by atoms with Crippen molar-refractivity contribution < 1.29 is 9.53 Å². The van der Waals surface area contributed by atoms with Gasteiger partial charge in [0.15, 0.2) is 0 Å². The number of carbonyl (C=O) groups excluding carboxylic acids is 1. The molecule has 164 valence electrons. The molecule has 1 aromatic heterocycles. The molecule has 31 heavy (non-hydrogen) atoms. The molecule has 0 radical (unpaired) electrons. The van der Waals surface area contributed by atoms with Gasteiger partial charge in [0.2, 0.25) is 0 Å². The fraction of sp³-hybridized carbons (Fsp3) is 0.370. The first kappa shape index (κ1) is 22.8. The summed E-state index contributed by atoms with van der Waals surface area (Å²) in [7, 11) is 0. The zero-order valence-electron chi connectivity index (χ0n) is 19.1. The second-order valence-corrected chi connectivity index (χ2v) is 8.65. The molecule has 0 saturated carbocycles. The van der Waals surface area contributed by atoms with E-state index in [-0.39, 0.29) is 18.6 Å². The minimum atomic E-state index is -0.187. The minimum Gasteiger partial charge on any atom is -0.460 e. The van der Waals surface area contributed by atoms with Crippen LogP contribution in [0.1, 0.15) is 43.2 Å². The summed E-state index contributed by atoms with van der Waals surface area (Å²) in [5.74, 6) is 0.246. The van der Waals surface area contributed by atoms with Crippen LogP contribution in [0.2, 0.25) is 0 Å². The van der Waals surface area contributed by atoms with Gasteiger partial charge in [-0.15, -0.1) is 0 Å². The molecular formula is C27H34N2O2. The lowest BCUT2D eigenvalue weighted by atomic mass is 10.0. The lowest BCUT2D eigenvalue weighted by Gasteiger charge is -2.31. The Morgan fingerprint density at radius 3 is 2.42 bits per heavy atom. The highest BCUT2D eigenvalue weighted by Crippen LogP contribution is 2.17. The van der Waals surface area contributed by atoms with Crippen LogP contribution in [0.25, 0.3) is 0 Å². The summed E-state index contributed by atoms with van der Waals surface area (Å²) in [5.41, 5.74) is 4.75. The summed E-state index contributed by atoms with van der Waals surface area (Å²) in [6.07, 6.45) is 2.11. The second-order valence-electron chi connectivity index (χ2n) is 8.65.